The predicted molar refractivity (Wildman–Crippen MR) is 166 cm³/mol. The topological polar surface area (TPSA) is 222 Å². The van der Waals surface area contributed by atoms with Crippen LogP contribution in [0.4, 0.5) is 10.9 Å². The number of nitrogen functional groups attached to an aromatic ring is 2. The van der Waals surface area contributed by atoms with Crippen molar-refractivity contribution in [3.8, 4) is 0 Å². The number of nitrogens with two attached hydrogens (primary N) is 2. The maximum absolute atomic E-state index is 12.5. The second kappa shape index (κ2) is 15.4. The summed E-state index contributed by atoms with van der Waals surface area (Å²) < 4.78 is 2.11. The molecule has 5 rings (SSSR count). The number of allylic oxidation sites excluding steroid dienone is 1. The van der Waals surface area contributed by atoms with Crippen LogP contribution in [0.2, 0.25) is 0 Å². The van der Waals surface area contributed by atoms with Crippen LogP contribution in [0.1, 0.15) is 34.1 Å². The number of oxime groups is 1. The SMILES string of the molecule is C=CC1=C(C(=O)O)N2C(=O)C(CC(=O)/C(=N\O)c3csc(N)n3)C2SC1.Cc1ncc(C[n+]2csc(CCO)c2C)c(N)n1.[Cl-]. The van der Waals surface area contributed by atoms with Crippen LogP contribution in [0.15, 0.2) is 46.2 Å². The first-order chi connectivity index (χ1) is 21.0. The molecule has 7 N–H and O–H groups in total. The molecule has 0 saturated carbocycles. The van der Waals surface area contributed by atoms with Crippen molar-refractivity contribution < 1.29 is 46.8 Å². The molecular formula is C27H31ClN8O6S3. The van der Waals surface area contributed by atoms with Crippen molar-refractivity contribution in [3.05, 3.63) is 68.7 Å². The minimum atomic E-state index is -1.21. The molecular weight excluding hydrogens is 664 g/mol. The van der Waals surface area contributed by atoms with Gasteiger partial charge in [0.15, 0.2) is 28.9 Å². The highest BCUT2D eigenvalue weighted by atomic mass is 35.5. The number of halogens is 1. The summed E-state index contributed by atoms with van der Waals surface area (Å²) in [5.41, 5.74) is 15.8. The van der Waals surface area contributed by atoms with E-state index in [1.165, 1.54) is 33.0 Å². The third-order valence-corrected chi connectivity index (χ3v) is 10.1. The van der Waals surface area contributed by atoms with E-state index in [4.69, 9.17) is 21.8 Å². The van der Waals surface area contributed by atoms with Gasteiger partial charge in [-0.15, -0.1) is 23.1 Å². The largest absolute Gasteiger partial charge is 1.00 e. The highest BCUT2D eigenvalue weighted by Crippen LogP contribution is 2.45. The third-order valence-electron chi connectivity index (χ3n) is 6.95. The number of thioether (sulfide) groups is 1. The van der Waals surface area contributed by atoms with Gasteiger partial charge in [-0.05, 0) is 12.5 Å². The number of aliphatic hydroxyl groups excluding tert-OH is 1. The molecule has 45 heavy (non-hydrogen) atoms. The lowest BCUT2D eigenvalue weighted by atomic mass is 9.89. The predicted octanol–water partition coefficient (Wildman–Crippen LogP) is -1.47. The van der Waals surface area contributed by atoms with Crippen LogP contribution in [0.3, 0.4) is 0 Å². The standard InChI is InChI=1S/C15H14N4O5S2.C12H17N4OS.ClH/c1-2-6-4-25-13-7(12(21)19(13)11(6)14(22)23)3-9(20)10(18-24)8-5-26-15(16)17-8;1-8-11(3-4-17)18-7-16(8)6-10-5-14-9(2)15-12(10)13;/h2,5,7,13,24H,1,3-4H2,(H2,16,17)(H,22,23);5,7,17H,3-4,6H2,1-2H3,(H2,13,14,15);1H/q;+1;/p-1/b18-10-;;. The summed E-state index contributed by atoms with van der Waals surface area (Å²) in [6.45, 7) is 8.29. The summed E-state index contributed by atoms with van der Waals surface area (Å²) in [6, 6.07) is 0. The fourth-order valence-corrected chi connectivity index (χ4v) is 7.58. The normalized spacial score (nSPS) is 17.4. The molecule has 5 heterocycles. The van der Waals surface area contributed by atoms with Crippen LogP contribution in [0.25, 0.3) is 0 Å². The Hall–Kier alpha value is -3.90. The lowest BCUT2D eigenvalue weighted by molar-refractivity contribution is -0.689. The number of carboxylic acids is 1. The van der Waals surface area contributed by atoms with E-state index >= 15 is 0 Å². The van der Waals surface area contributed by atoms with E-state index in [1.54, 1.807) is 17.5 Å². The van der Waals surface area contributed by atoms with Crippen LogP contribution < -0.4 is 28.4 Å². The Morgan fingerprint density at radius 3 is 2.58 bits per heavy atom. The molecule has 2 aliphatic rings. The van der Waals surface area contributed by atoms with E-state index in [0.29, 0.717) is 35.9 Å². The number of aryl methyl sites for hydroxylation is 1. The van der Waals surface area contributed by atoms with Crippen molar-refractivity contribution in [1.82, 2.24) is 19.9 Å². The smallest absolute Gasteiger partial charge is 0.352 e. The van der Waals surface area contributed by atoms with Crippen molar-refractivity contribution in [2.75, 3.05) is 23.8 Å². The van der Waals surface area contributed by atoms with Crippen LogP contribution in [0.5, 0.6) is 0 Å². The fraction of sp³-hybridized carbons (Fsp3) is 0.333. The molecule has 14 nitrogen and oxygen atoms in total. The molecule has 0 bridgehead atoms. The molecule has 0 radical (unpaired) electrons. The van der Waals surface area contributed by atoms with E-state index in [2.05, 4.69) is 31.3 Å². The van der Waals surface area contributed by atoms with Gasteiger partial charge in [-0.1, -0.05) is 29.1 Å². The first kappa shape index (κ1) is 35.6. The number of thiazole rings is 2. The highest BCUT2D eigenvalue weighted by Gasteiger charge is 2.53. The number of carbonyl (C=O) groups is 3. The molecule has 3 aromatic heterocycles. The van der Waals surface area contributed by atoms with Crippen LogP contribution in [0, 0.1) is 19.8 Å². The second-order valence-corrected chi connectivity index (χ2v) is 12.6. The lowest BCUT2D eigenvalue weighted by Crippen LogP contribution is -3.00. The average Bonchev–Trinajstić information content (AvgIpc) is 3.57. The Labute approximate surface area is 276 Å². The molecule has 0 spiro atoms. The Balaban J connectivity index is 0.000000256. The Morgan fingerprint density at radius 1 is 1.27 bits per heavy atom. The number of hydrogen-bond acceptors (Lipinski definition) is 14. The number of anilines is 2. The quantitative estimate of drug-likeness (QED) is 0.0540. The average molecular weight is 695 g/mol. The number of rotatable bonds is 10. The van der Waals surface area contributed by atoms with Gasteiger partial charge < -0.3 is 39.3 Å². The molecule has 0 aromatic carbocycles. The summed E-state index contributed by atoms with van der Waals surface area (Å²) in [6.07, 6.45) is 3.68. The summed E-state index contributed by atoms with van der Waals surface area (Å²) in [4.78, 5) is 51.0. The summed E-state index contributed by atoms with van der Waals surface area (Å²) in [7, 11) is 0. The summed E-state index contributed by atoms with van der Waals surface area (Å²) in [5, 5.41) is 31.7. The number of ketones is 1. The van der Waals surface area contributed by atoms with Crippen LogP contribution in [-0.2, 0) is 27.3 Å². The van der Waals surface area contributed by atoms with E-state index < -0.39 is 29.0 Å². The summed E-state index contributed by atoms with van der Waals surface area (Å²) in [5.74, 6) is -1.32. The Morgan fingerprint density at radius 2 is 2.00 bits per heavy atom. The molecule has 1 fully saturated rings. The van der Waals surface area contributed by atoms with Crippen molar-refractivity contribution >= 4 is 68.8 Å². The van der Waals surface area contributed by atoms with Crippen molar-refractivity contribution in [1.29, 1.82) is 0 Å². The summed E-state index contributed by atoms with van der Waals surface area (Å²) >= 11 is 4.11. The van der Waals surface area contributed by atoms with Crippen LogP contribution >= 0.6 is 34.4 Å². The third kappa shape index (κ3) is 7.67. The molecule has 18 heteroatoms. The number of hydrogen-bond donors (Lipinski definition) is 5. The number of aliphatic hydroxyl groups is 1. The zero-order valence-electron chi connectivity index (χ0n) is 24.2. The molecule has 1 saturated heterocycles. The lowest BCUT2D eigenvalue weighted by Gasteiger charge is -2.49. The molecule has 0 aliphatic carbocycles. The maximum atomic E-state index is 12.5. The number of amides is 1. The molecule has 240 valence electrons. The van der Waals surface area contributed by atoms with E-state index in [9.17, 15) is 19.5 Å². The van der Waals surface area contributed by atoms with Gasteiger partial charge in [-0.2, -0.15) is 4.57 Å². The number of Topliss-reactive ketones (excluding diaryl/α,β-unsaturated/α-hetero) is 1. The fourth-order valence-electron chi connectivity index (χ4n) is 4.64. The molecule has 2 aliphatic heterocycles. The van der Waals surface area contributed by atoms with E-state index in [1.807, 2.05) is 19.4 Å². The van der Waals surface area contributed by atoms with Gasteiger partial charge >= 0.3 is 5.97 Å². The van der Waals surface area contributed by atoms with Gasteiger partial charge in [0.2, 0.25) is 11.4 Å². The van der Waals surface area contributed by atoms with E-state index in [0.717, 1.165) is 22.6 Å². The Kier molecular flexibility index (Phi) is 12.2. The monoisotopic (exact) mass is 694 g/mol. The highest BCUT2D eigenvalue weighted by molar-refractivity contribution is 8.00. The first-order valence-electron chi connectivity index (χ1n) is 13.2. The second-order valence-electron chi connectivity index (χ2n) is 9.71. The zero-order chi connectivity index (χ0) is 32.1. The Bertz CT molecular complexity index is 1670. The van der Waals surface area contributed by atoms with Crippen molar-refractivity contribution in [2.45, 2.75) is 38.6 Å². The zero-order valence-corrected chi connectivity index (χ0v) is 27.4. The number of aromatic nitrogens is 4. The number of aliphatic carboxylic acids is 1. The molecule has 1 amide bonds. The number of β-lactam (4-membered cyclic amide) rings is 1. The van der Waals surface area contributed by atoms with E-state index in [-0.39, 0.29) is 47.7 Å². The van der Waals surface area contributed by atoms with Gasteiger partial charge in [-0.3, -0.25) is 14.5 Å². The van der Waals surface area contributed by atoms with Gasteiger partial charge in [0.1, 0.15) is 23.0 Å². The van der Waals surface area contributed by atoms with Crippen molar-refractivity contribution in [3.63, 3.8) is 0 Å². The minimum absolute atomic E-state index is 0. The van der Waals surface area contributed by atoms with Gasteiger partial charge in [0.25, 0.3) is 0 Å². The van der Waals surface area contributed by atoms with Gasteiger partial charge in [0.05, 0.1) is 21.7 Å². The minimum Gasteiger partial charge on any atom is -1.00 e. The number of carbonyl (C=O) groups excluding carboxylic acids is 2. The van der Waals surface area contributed by atoms with Crippen LogP contribution in [-0.4, -0.2) is 76.4 Å². The molecule has 2 atom stereocenters. The molecule has 3 aromatic rings. The van der Waals surface area contributed by atoms with Gasteiger partial charge in [0, 0.05) is 43.7 Å². The van der Waals surface area contributed by atoms with Crippen molar-refractivity contribution in [2.24, 2.45) is 11.1 Å². The first-order valence-corrected chi connectivity index (χ1v) is 16.0. The maximum Gasteiger partial charge on any atom is 0.352 e. The van der Waals surface area contributed by atoms with Gasteiger partial charge in [-0.25, -0.2) is 19.7 Å². The molecule has 2 unspecified atom stereocenters. The number of carboxylic acid groups (broad SMARTS) is 1. The number of nitrogens with zero attached hydrogens (tertiary/aromatic N) is 6. The number of fused-ring (bicyclic) bond motifs is 1.